The van der Waals surface area contributed by atoms with E-state index in [0.717, 1.165) is 16.7 Å². The fraction of sp³-hybridized carbons (Fsp3) is 0.238. The first kappa shape index (κ1) is 17.0. The van der Waals surface area contributed by atoms with Gasteiger partial charge in [0.05, 0.1) is 11.5 Å². The lowest BCUT2D eigenvalue weighted by molar-refractivity contribution is -0.137. The molecule has 128 valence electrons. The predicted octanol–water partition coefficient (Wildman–Crippen LogP) is 4.48. The van der Waals surface area contributed by atoms with Gasteiger partial charge in [0.1, 0.15) is 11.5 Å². The first-order valence-corrected chi connectivity index (χ1v) is 8.22. The van der Waals surface area contributed by atoms with Crippen LogP contribution in [0.1, 0.15) is 40.9 Å². The van der Waals surface area contributed by atoms with Crippen LogP contribution in [0.2, 0.25) is 0 Å². The lowest BCUT2D eigenvalue weighted by atomic mass is 10.0. The summed E-state index contributed by atoms with van der Waals surface area (Å²) in [6.45, 7) is 7.34. The monoisotopic (exact) mass is 336 g/mol. The van der Waals surface area contributed by atoms with E-state index < -0.39 is 0 Å². The average Bonchev–Trinajstić information content (AvgIpc) is 2.83. The van der Waals surface area contributed by atoms with Gasteiger partial charge in [-0.15, -0.1) is 0 Å². The van der Waals surface area contributed by atoms with Crippen LogP contribution >= 0.6 is 0 Å². The van der Waals surface area contributed by atoms with Gasteiger partial charge in [0, 0.05) is 6.07 Å². The van der Waals surface area contributed by atoms with Gasteiger partial charge in [0.15, 0.2) is 5.76 Å². The van der Waals surface area contributed by atoms with Gasteiger partial charge in [-0.3, -0.25) is 9.59 Å². The fourth-order valence-electron chi connectivity index (χ4n) is 2.68. The van der Waals surface area contributed by atoms with Crippen LogP contribution in [-0.4, -0.2) is 11.8 Å². The summed E-state index contributed by atoms with van der Waals surface area (Å²) in [4.78, 5) is 24.4. The van der Waals surface area contributed by atoms with E-state index in [9.17, 15) is 9.59 Å². The van der Waals surface area contributed by atoms with Crippen molar-refractivity contribution in [1.82, 2.24) is 0 Å². The standard InChI is InChI=1S/C21H20O4/c1-12(2)21(23)24-16-9-14(4)19-17(11-16)25-18(20(19)22)10-15-7-5-6-13(3)8-15/h5-12H,1-4H3/b18-10-. The second-order valence-corrected chi connectivity index (χ2v) is 6.54. The molecule has 0 aliphatic carbocycles. The molecule has 0 atom stereocenters. The molecule has 4 heteroatoms. The molecule has 1 heterocycles. The van der Waals surface area contributed by atoms with E-state index in [-0.39, 0.29) is 23.4 Å². The zero-order valence-electron chi connectivity index (χ0n) is 14.8. The van der Waals surface area contributed by atoms with Crippen LogP contribution < -0.4 is 9.47 Å². The second kappa shape index (κ2) is 6.55. The number of ether oxygens (including phenoxy) is 2. The van der Waals surface area contributed by atoms with E-state index in [1.807, 2.05) is 38.1 Å². The Kier molecular flexibility index (Phi) is 4.45. The predicted molar refractivity (Wildman–Crippen MR) is 95.8 cm³/mol. The normalized spacial score (nSPS) is 14.6. The zero-order chi connectivity index (χ0) is 18.1. The number of fused-ring (bicyclic) bond motifs is 1. The molecular formula is C21H20O4. The number of aryl methyl sites for hydroxylation is 2. The van der Waals surface area contributed by atoms with Gasteiger partial charge in [-0.05, 0) is 37.1 Å². The average molecular weight is 336 g/mol. The third-order valence-electron chi connectivity index (χ3n) is 3.97. The summed E-state index contributed by atoms with van der Waals surface area (Å²) in [5.74, 6) is 0.383. The maximum atomic E-state index is 12.6. The molecule has 4 nitrogen and oxygen atoms in total. The first-order valence-electron chi connectivity index (χ1n) is 8.22. The van der Waals surface area contributed by atoms with Gasteiger partial charge < -0.3 is 9.47 Å². The summed E-state index contributed by atoms with van der Waals surface area (Å²) in [5.41, 5.74) is 3.25. The number of rotatable bonds is 3. The SMILES string of the molecule is Cc1cccc(/C=C2\Oc3cc(OC(=O)C(C)C)cc(C)c3C2=O)c1. The molecule has 0 aromatic heterocycles. The largest absolute Gasteiger partial charge is 0.452 e. The van der Waals surface area contributed by atoms with Crippen LogP contribution in [0.15, 0.2) is 42.2 Å². The van der Waals surface area contributed by atoms with Crippen LogP contribution in [-0.2, 0) is 4.79 Å². The topological polar surface area (TPSA) is 52.6 Å². The maximum absolute atomic E-state index is 12.6. The van der Waals surface area contributed by atoms with Crippen LogP contribution in [0, 0.1) is 19.8 Å². The highest BCUT2D eigenvalue weighted by atomic mass is 16.5. The van der Waals surface area contributed by atoms with Crippen molar-refractivity contribution in [3.63, 3.8) is 0 Å². The highest BCUT2D eigenvalue weighted by Gasteiger charge is 2.30. The Balaban J connectivity index is 1.93. The Bertz CT molecular complexity index is 891. The first-order chi connectivity index (χ1) is 11.8. The van der Waals surface area contributed by atoms with Gasteiger partial charge >= 0.3 is 5.97 Å². The zero-order valence-corrected chi connectivity index (χ0v) is 14.8. The maximum Gasteiger partial charge on any atom is 0.313 e. The molecule has 0 radical (unpaired) electrons. The third kappa shape index (κ3) is 3.48. The summed E-state index contributed by atoms with van der Waals surface area (Å²) < 4.78 is 11.1. The molecule has 2 aromatic carbocycles. The number of carbonyl (C=O) groups excluding carboxylic acids is 2. The minimum absolute atomic E-state index is 0.157. The van der Waals surface area contributed by atoms with E-state index in [2.05, 4.69) is 0 Å². The molecule has 1 aliphatic heterocycles. The molecule has 0 N–H and O–H groups in total. The Hall–Kier alpha value is -2.88. The van der Waals surface area contributed by atoms with Crippen molar-refractivity contribution in [1.29, 1.82) is 0 Å². The number of carbonyl (C=O) groups is 2. The van der Waals surface area contributed by atoms with E-state index in [4.69, 9.17) is 9.47 Å². The Morgan fingerprint density at radius 1 is 1.16 bits per heavy atom. The Morgan fingerprint density at radius 3 is 2.60 bits per heavy atom. The van der Waals surface area contributed by atoms with Gasteiger partial charge in [0.2, 0.25) is 5.78 Å². The molecule has 0 spiro atoms. The highest BCUT2D eigenvalue weighted by Crippen LogP contribution is 2.37. The van der Waals surface area contributed by atoms with Crippen LogP contribution in [0.5, 0.6) is 11.5 Å². The molecule has 0 amide bonds. The number of esters is 1. The van der Waals surface area contributed by atoms with Crippen LogP contribution in [0.4, 0.5) is 0 Å². The smallest absolute Gasteiger partial charge is 0.313 e. The van der Waals surface area contributed by atoms with Crippen LogP contribution in [0.3, 0.4) is 0 Å². The van der Waals surface area contributed by atoms with Gasteiger partial charge in [0.25, 0.3) is 0 Å². The molecule has 25 heavy (non-hydrogen) atoms. The van der Waals surface area contributed by atoms with Crippen molar-refractivity contribution >= 4 is 17.8 Å². The molecule has 0 unspecified atom stereocenters. The molecule has 2 aromatic rings. The summed E-state index contributed by atoms with van der Waals surface area (Å²) >= 11 is 0. The molecular weight excluding hydrogens is 316 g/mol. The van der Waals surface area contributed by atoms with E-state index in [1.54, 1.807) is 32.1 Å². The minimum atomic E-state index is -0.320. The van der Waals surface area contributed by atoms with Crippen molar-refractivity contribution in [2.24, 2.45) is 5.92 Å². The van der Waals surface area contributed by atoms with Gasteiger partial charge in [-0.2, -0.15) is 0 Å². The minimum Gasteiger partial charge on any atom is -0.452 e. The fourth-order valence-corrected chi connectivity index (χ4v) is 2.68. The van der Waals surface area contributed by atoms with Gasteiger partial charge in [-0.25, -0.2) is 0 Å². The number of allylic oxidation sites excluding steroid dienone is 1. The van der Waals surface area contributed by atoms with Crippen molar-refractivity contribution < 1.29 is 19.1 Å². The number of ketones is 1. The summed E-state index contributed by atoms with van der Waals surface area (Å²) in [6, 6.07) is 11.1. The van der Waals surface area contributed by atoms with Crippen molar-refractivity contribution in [2.45, 2.75) is 27.7 Å². The Labute approximate surface area is 147 Å². The Morgan fingerprint density at radius 2 is 1.92 bits per heavy atom. The van der Waals surface area contributed by atoms with Crippen molar-refractivity contribution in [2.75, 3.05) is 0 Å². The number of hydrogen-bond donors (Lipinski definition) is 0. The third-order valence-corrected chi connectivity index (χ3v) is 3.97. The lowest BCUT2D eigenvalue weighted by Gasteiger charge is -2.09. The number of Topliss-reactive ketones (excluding diaryl/α,β-unsaturated/α-hetero) is 1. The number of benzene rings is 2. The lowest BCUT2D eigenvalue weighted by Crippen LogP contribution is -2.14. The molecule has 0 saturated carbocycles. The van der Waals surface area contributed by atoms with Crippen LogP contribution in [0.25, 0.3) is 6.08 Å². The second-order valence-electron chi connectivity index (χ2n) is 6.54. The van der Waals surface area contributed by atoms with Crippen molar-refractivity contribution in [3.8, 4) is 11.5 Å². The summed E-state index contributed by atoms with van der Waals surface area (Å²) in [5, 5.41) is 0. The molecule has 3 rings (SSSR count). The molecule has 0 fully saturated rings. The van der Waals surface area contributed by atoms with Gasteiger partial charge in [-0.1, -0.05) is 43.7 Å². The summed E-state index contributed by atoms with van der Waals surface area (Å²) in [7, 11) is 0. The van der Waals surface area contributed by atoms with E-state index in [0.29, 0.717) is 17.1 Å². The highest BCUT2D eigenvalue weighted by molar-refractivity contribution is 6.15. The van der Waals surface area contributed by atoms with Crippen molar-refractivity contribution in [3.05, 3.63) is 64.4 Å². The van der Waals surface area contributed by atoms with E-state index in [1.165, 1.54) is 0 Å². The quantitative estimate of drug-likeness (QED) is 0.471. The molecule has 0 bridgehead atoms. The van der Waals surface area contributed by atoms with E-state index >= 15 is 0 Å². The molecule has 1 aliphatic rings. The number of hydrogen-bond acceptors (Lipinski definition) is 4. The summed E-state index contributed by atoms with van der Waals surface area (Å²) in [6.07, 6.45) is 1.73. The molecule has 0 saturated heterocycles.